The van der Waals surface area contributed by atoms with Crippen molar-refractivity contribution in [2.45, 2.75) is 12.0 Å². The zero-order valence-electron chi connectivity index (χ0n) is 22.4. The van der Waals surface area contributed by atoms with Crippen LogP contribution < -0.4 is 9.64 Å². The largest absolute Gasteiger partial charge is 0.507 e. The van der Waals surface area contributed by atoms with E-state index in [4.69, 9.17) is 9.47 Å². The van der Waals surface area contributed by atoms with E-state index < -0.39 is 28.9 Å². The number of amides is 2. The molecule has 9 heteroatoms. The summed E-state index contributed by atoms with van der Waals surface area (Å²) in [6, 6.07) is 13.6. The number of morpholine rings is 1. The Labute approximate surface area is 233 Å². The van der Waals surface area contributed by atoms with Gasteiger partial charge in [-0.25, -0.2) is 0 Å². The van der Waals surface area contributed by atoms with E-state index in [0.717, 1.165) is 13.1 Å². The minimum atomic E-state index is -1.79. The molecule has 1 atom stereocenters. The fourth-order valence-corrected chi connectivity index (χ4v) is 5.76. The molecule has 0 radical (unpaired) electrons. The van der Waals surface area contributed by atoms with Crippen molar-refractivity contribution in [1.82, 2.24) is 9.80 Å². The smallest absolute Gasteiger partial charge is 0.296 e. The van der Waals surface area contributed by atoms with E-state index in [-0.39, 0.29) is 18.7 Å². The number of nitrogens with zero attached hydrogens (tertiary/aromatic N) is 3. The van der Waals surface area contributed by atoms with Gasteiger partial charge in [0.25, 0.3) is 17.6 Å². The third-order valence-electron chi connectivity index (χ3n) is 7.58. The second-order valence-corrected chi connectivity index (χ2v) is 9.87. The Bertz CT molecular complexity index is 1360. The number of benzene rings is 2. The molecule has 3 heterocycles. The molecule has 2 amide bonds. The van der Waals surface area contributed by atoms with Crippen LogP contribution in [-0.4, -0.2) is 85.0 Å². The van der Waals surface area contributed by atoms with Crippen molar-refractivity contribution in [3.63, 3.8) is 0 Å². The number of ketones is 1. The van der Waals surface area contributed by atoms with Gasteiger partial charge in [0, 0.05) is 43.9 Å². The maximum atomic E-state index is 14.4. The van der Waals surface area contributed by atoms with Crippen LogP contribution in [0.5, 0.6) is 5.75 Å². The summed E-state index contributed by atoms with van der Waals surface area (Å²) < 4.78 is 11.0. The van der Waals surface area contributed by atoms with Gasteiger partial charge in [0.2, 0.25) is 0 Å². The lowest BCUT2D eigenvalue weighted by Crippen LogP contribution is -2.52. The van der Waals surface area contributed by atoms with Gasteiger partial charge in [-0.1, -0.05) is 36.9 Å². The standard InChI is InChI=1S/C31H33N3O6/c1-3-14-33-25-9-6-5-8-24(25)31(30(33)38)26(27(35)22-10-12-23(13-11-22)40-19-4-2)28(36)29(37)34(31)16-7-15-32-17-20-39-21-18-32/h3-6,8-13,35H,1-2,7,14-21H2/t31-/m0/s1. The minimum Gasteiger partial charge on any atom is -0.507 e. The number of carbonyl (C=O) groups is 3. The van der Waals surface area contributed by atoms with E-state index in [2.05, 4.69) is 18.1 Å². The van der Waals surface area contributed by atoms with Gasteiger partial charge >= 0.3 is 0 Å². The molecule has 1 N–H and O–H groups in total. The van der Waals surface area contributed by atoms with Crippen molar-refractivity contribution in [3.05, 3.63) is 90.5 Å². The first kappa shape index (κ1) is 27.4. The molecule has 40 heavy (non-hydrogen) atoms. The van der Waals surface area contributed by atoms with Gasteiger partial charge in [0.15, 0.2) is 5.54 Å². The molecular formula is C31H33N3O6. The zero-order chi connectivity index (χ0) is 28.3. The Morgan fingerprint density at radius 2 is 1.73 bits per heavy atom. The number of fused-ring (bicyclic) bond motifs is 2. The summed E-state index contributed by atoms with van der Waals surface area (Å²) in [5.41, 5.74) is -0.663. The van der Waals surface area contributed by atoms with E-state index in [0.29, 0.717) is 55.4 Å². The molecule has 9 nitrogen and oxygen atoms in total. The van der Waals surface area contributed by atoms with Crippen molar-refractivity contribution in [2.24, 2.45) is 0 Å². The maximum absolute atomic E-state index is 14.4. The van der Waals surface area contributed by atoms with Crippen LogP contribution in [0.1, 0.15) is 17.5 Å². The Morgan fingerprint density at radius 1 is 1.00 bits per heavy atom. The predicted molar refractivity (Wildman–Crippen MR) is 151 cm³/mol. The number of hydrogen-bond donors (Lipinski definition) is 1. The van der Waals surface area contributed by atoms with Gasteiger partial charge in [-0.3, -0.25) is 19.3 Å². The molecule has 1 spiro atoms. The Balaban J connectivity index is 1.61. The van der Waals surface area contributed by atoms with Gasteiger partial charge in [-0.2, -0.15) is 0 Å². The fourth-order valence-electron chi connectivity index (χ4n) is 5.76. The number of aliphatic hydroxyl groups excluding tert-OH is 1. The van der Waals surface area contributed by atoms with E-state index in [1.807, 2.05) is 0 Å². The van der Waals surface area contributed by atoms with Crippen LogP contribution in [0.3, 0.4) is 0 Å². The highest BCUT2D eigenvalue weighted by atomic mass is 16.5. The summed E-state index contributed by atoms with van der Waals surface area (Å²) in [6.45, 7) is 11.6. The summed E-state index contributed by atoms with van der Waals surface area (Å²) in [4.78, 5) is 46.9. The van der Waals surface area contributed by atoms with Crippen molar-refractivity contribution < 1.29 is 29.0 Å². The zero-order valence-corrected chi connectivity index (χ0v) is 22.4. The van der Waals surface area contributed by atoms with Crippen molar-refractivity contribution >= 4 is 29.0 Å². The number of likely N-dealkylation sites (tertiary alicyclic amines) is 1. The first-order valence-electron chi connectivity index (χ1n) is 13.4. The predicted octanol–water partition coefficient (Wildman–Crippen LogP) is 3.08. The van der Waals surface area contributed by atoms with E-state index in [1.54, 1.807) is 60.7 Å². The number of para-hydroxylation sites is 1. The molecule has 0 unspecified atom stereocenters. The van der Waals surface area contributed by atoms with Crippen LogP contribution in [0.4, 0.5) is 5.69 Å². The highest BCUT2D eigenvalue weighted by Crippen LogP contribution is 2.53. The monoisotopic (exact) mass is 543 g/mol. The first-order valence-corrected chi connectivity index (χ1v) is 13.4. The van der Waals surface area contributed by atoms with E-state index in [1.165, 1.54) is 9.80 Å². The van der Waals surface area contributed by atoms with Crippen molar-refractivity contribution in [3.8, 4) is 5.75 Å². The highest BCUT2D eigenvalue weighted by molar-refractivity contribution is 6.50. The number of carbonyl (C=O) groups excluding carboxylic acids is 3. The van der Waals surface area contributed by atoms with Gasteiger partial charge in [-0.15, -0.1) is 6.58 Å². The highest BCUT2D eigenvalue weighted by Gasteiger charge is 2.66. The van der Waals surface area contributed by atoms with Crippen molar-refractivity contribution in [2.75, 3.05) is 57.4 Å². The number of Topliss-reactive ketones (excluding diaryl/α,β-unsaturated/α-hetero) is 1. The first-order chi connectivity index (χ1) is 19.4. The van der Waals surface area contributed by atoms with Crippen LogP contribution in [0.15, 0.2) is 79.4 Å². The van der Waals surface area contributed by atoms with Crippen LogP contribution in [0.2, 0.25) is 0 Å². The molecule has 0 bridgehead atoms. The molecule has 0 aromatic heterocycles. The van der Waals surface area contributed by atoms with E-state index in [9.17, 15) is 19.5 Å². The Morgan fingerprint density at radius 3 is 2.42 bits per heavy atom. The Hall–Kier alpha value is -4.21. The van der Waals surface area contributed by atoms with Gasteiger partial charge in [0.05, 0.1) is 24.5 Å². The third kappa shape index (κ3) is 4.51. The van der Waals surface area contributed by atoms with Crippen LogP contribution in [-0.2, 0) is 24.7 Å². The number of hydrogen-bond acceptors (Lipinski definition) is 7. The fraction of sp³-hybridized carbons (Fsp3) is 0.323. The SMILES string of the molecule is C=CCOc1ccc(C(O)=C2C(=O)C(=O)N(CCCN3CCOCC3)[C@]23C(=O)N(CC=C)c2ccccc23)cc1. The second-order valence-electron chi connectivity index (χ2n) is 9.87. The molecule has 0 saturated carbocycles. The van der Waals surface area contributed by atoms with E-state index >= 15 is 0 Å². The number of anilines is 1. The average Bonchev–Trinajstić information content (AvgIpc) is 3.35. The molecule has 3 aliphatic rings. The maximum Gasteiger partial charge on any atom is 0.296 e. The molecule has 0 aliphatic carbocycles. The lowest BCUT2D eigenvalue weighted by molar-refractivity contribution is -0.143. The minimum absolute atomic E-state index is 0.162. The normalized spacial score (nSPS) is 22.1. The van der Waals surface area contributed by atoms with Crippen LogP contribution in [0.25, 0.3) is 5.76 Å². The number of aliphatic hydroxyl groups is 1. The lowest BCUT2D eigenvalue weighted by Gasteiger charge is -2.35. The summed E-state index contributed by atoms with van der Waals surface area (Å²) in [6.07, 6.45) is 3.76. The van der Waals surface area contributed by atoms with Crippen molar-refractivity contribution in [1.29, 1.82) is 0 Å². The van der Waals surface area contributed by atoms with Crippen LogP contribution in [0, 0.1) is 0 Å². The summed E-state index contributed by atoms with van der Waals surface area (Å²) in [5, 5.41) is 11.6. The molecule has 2 saturated heterocycles. The topological polar surface area (TPSA) is 99.6 Å². The van der Waals surface area contributed by atoms with Crippen LogP contribution >= 0.6 is 0 Å². The molecular weight excluding hydrogens is 510 g/mol. The molecule has 2 fully saturated rings. The molecule has 2 aromatic rings. The molecule has 208 valence electrons. The summed E-state index contributed by atoms with van der Waals surface area (Å²) in [7, 11) is 0. The molecule has 3 aliphatic heterocycles. The van der Waals surface area contributed by atoms with Gasteiger partial charge in [-0.05, 0) is 36.8 Å². The summed E-state index contributed by atoms with van der Waals surface area (Å²) >= 11 is 0. The second kappa shape index (κ2) is 11.5. The Kier molecular flexibility index (Phi) is 7.86. The lowest BCUT2D eigenvalue weighted by atomic mass is 9.82. The third-order valence-corrected chi connectivity index (χ3v) is 7.58. The quantitative estimate of drug-likeness (QED) is 0.213. The molecule has 2 aromatic carbocycles. The summed E-state index contributed by atoms with van der Waals surface area (Å²) in [5.74, 6) is -2.02. The average molecular weight is 544 g/mol. The molecule has 5 rings (SSSR count). The number of rotatable bonds is 10. The van der Waals surface area contributed by atoms with Gasteiger partial charge in [0.1, 0.15) is 18.1 Å². The number of ether oxygens (including phenoxy) is 2. The van der Waals surface area contributed by atoms with Gasteiger partial charge < -0.3 is 24.4 Å².